The number of rotatable bonds is 8. The lowest BCUT2D eigenvalue weighted by atomic mass is 9.94. The summed E-state index contributed by atoms with van der Waals surface area (Å²) in [5, 5.41) is 11.4. The number of halogens is 1. The third-order valence-electron chi connectivity index (χ3n) is 12.5. The molecule has 1 atom stereocenters. The molecule has 5 aliphatic rings. The van der Waals surface area contributed by atoms with Crippen LogP contribution in [0, 0.1) is 11.7 Å². The maximum atomic E-state index is 16.0. The predicted octanol–water partition coefficient (Wildman–Crippen LogP) is 4.10. The largest absolute Gasteiger partial charge is 0.382 e. The van der Waals surface area contributed by atoms with E-state index in [4.69, 9.17) is 10.8 Å². The lowest BCUT2D eigenvalue weighted by molar-refractivity contribution is -0.136. The average molecular weight is 778 g/mol. The Bertz CT molecular complexity index is 2210. The molecule has 0 radical (unpaired) electrons. The third-order valence-corrected chi connectivity index (χ3v) is 12.5. The molecule has 57 heavy (non-hydrogen) atoms. The monoisotopic (exact) mass is 777 g/mol. The van der Waals surface area contributed by atoms with Crippen LogP contribution in [0.5, 0.6) is 0 Å². The van der Waals surface area contributed by atoms with Crippen molar-refractivity contribution in [3.8, 4) is 0 Å². The second kappa shape index (κ2) is 15.4. The van der Waals surface area contributed by atoms with Crippen molar-refractivity contribution in [1.29, 1.82) is 0 Å². The number of imide groups is 1. The van der Waals surface area contributed by atoms with Crippen LogP contribution in [0.1, 0.15) is 90.2 Å². The fourth-order valence-corrected chi connectivity index (χ4v) is 9.33. The second-order valence-corrected chi connectivity index (χ2v) is 16.2. The molecule has 5 aliphatic heterocycles. The van der Waals surface area contributed by atoms with Gasteiger partial charge in [0, 0.05) is 74.9 Å². The number of nitrogens with two attached hydrogens (primary N) is 1. The maximum Gasteiger partial charge on any atom is 0.275 e. The molecule has 4 fully saturated rings. The van der Waals surface area contributed by atoms with Gasteiger partial charge in [0.05, 0.1) is 47.6 Å². The molecule has 4 amide bonds. The Morgan fingerprint density at radius 3 is 2.40 bits per heavy atom. The van der Waals surface area contributed by atoms with Crippen LogP contribution in [0.25, 0.3) is 10.9 Å². The van der Waals surface area contributed by atoms with Gasteiger partial charge in [-0.25, -0.2) is 14.4 Å². The summed E-state index contributed by atoms with van der Waals surface area (Å²) >= 11 is 0. The Morgan fingerprint density at radius 2 is 1.67 bits per heavy atom. The number of piperidine rings is 4. The molecule has 2 aromatic carbocycles. The summed E-state index contributed by atoms with van der Waals surface area (Å²) < 4.78 is 18.1. The molecule has 4 N–H and O–H groups in total. The van der Waals surface area contributed by atoms with Crippen molar-refractivity contribution < 1.29 is 23.6 Å². The van der Waals surface area contributed by atoms with E-state index in [1.165, 1.54) is 23.7 Å². The molecule has 4 aromatic rings. The summed E-state index contributed by atoms with van der Waals surface area (Å²) in [4.78, 5) is 67.0. The Morgan fingerprint density at radius 1 is 0.895 bits per heavy atom. The lowest BCUT2D eigenvalue weighted by Gasteiger charge is -2.38. The Hall–Kier alpha value is -5.64. The van der Waals surface area contributed by atoms with Gasteiger partial charge in [-0.3, -0.25) is 29.2 Å². The maximum absolute atomic E-state index is 16.0. The zero-order valence-electron chi connectivity index (χ0n) is 32.0. The lowest BCUT2D eigenvalue weighted by Crippen LogP contribution is -2.52. The van der Waals surface area contributed by atoms with Gasteiger partial charge in [-0.1, -0.05) is 0 Å². The van der Waals surface area contributed by atoms with Gasteiger partial charge in [0.25, 0.3) is 11.8 Å². The van der Waals surface area contributed by atoms with E-state index in [1.54, 1.807) is 12.1 Å². The van der Waals surface area contributed by atoms with E-state index in [9.17, 15) is 19.2 Å². The number of likely N-dealkylation sites (tertiary alicyclic amines) is 1. The van der Waals surface area contributed by atoms with E-state index < -0.39 is 11.9 Å². The fraction of sp³-hybridized carbons (Fsp3) is 0.488. The number of hydrogen-bond donors (Lipinski definition) is 3. The Balaban J connectivity index is 0.804. The third kappa shape index (κ3) is 7.38. The van der Waals surface area contributed by atoms with E-state index in [0.717, 1.165) is 107 Å². The van der Waals surface area contributed by atoms with Crippen LogP contribution in [0.3, 0.4) is 0 Å². The minimum absolute atomic E-state index is 0.0291. The highest BCUT2D eigenvalue weighted by atomic mass is 19.1. The minimum Gasteiger partial charge on any atom is -0.382 e. The summed E-state index contributed by atoms with van der Waals surface area (Å²) in [5.41, 5.74) is 9.63. The number of anilines is 4. The standard InChI is InChI=1S/C41H48FN11O4/c42-38-29-24-52(34-6-7-37(54)47-40(34)56)41(57)28(29)4-5-33(38)51-16-8-25(9-17-51)22-49-14-10-27(11-15-49)53-23-26-18-31(46-39(55)32-20-45-36(43)21-44-32)35(19-30(26)48-53)50-12-2-1-3-13-50/h4-5,18-21,23,25,27,34H,1-3,6-17,22,24H2,(H2,43,45)(H,46,55)(H,47,54,56). The molecule has 9 rings (SSSR count). The van der Waals surface area contributed by atoms with E-state index in [1.807, 2.05) is 6.07 Å². The highest BCUT2D eigenvalue weighted by Gasteiger charge is 2.41. The molecule has 298 valence electrons. The van der Waals surface area contributed by atoms with Crippen molar-refractivity contribution in [2.24, 2.45) is 5.92 Å². The summed E-state index contributed by atoms with van der Waals surface area (Å²) in [6.07, 6.45) is 12.6. The van der Waals surface area contributed by atoms with Crippen molar-refractivity contribution >= 4 is 57.4 Å². The predicted molar refractivity (Wildman–Crippen MR) is 212 cm³/mol. The first-order valence-electron chi connectivity index (χ1n) is 20.3. The summed E-state index contributed by atoms with van der Waals surface area (Å²) in [7, 11) is 0. The molecular weight excluding hydrogens is 730 g/mol. The Labute approximate surface area is 329 Å². The van der Waals surface area contributed by atoms with Crippen LogP contribution >= 0.6 is 0 Å². The number of fused-ring (bicyclic) bond motifs is 2. The molecule has 0 aliphatic carbocycles. The zero-order valence-corrected chi connectivity index (χ0v) is 32.0. The SMILES string of the molecule is Nc1cnc(C(=O)Nc2cc3cn(C4CCN(CC5CCN(c6ccc7c(c6F)CN(C6CCC(=O)NC6=O)C7=O)CC5)CC4)nc3cc2N2CCCCC2)cn1. The van der Waals surface area contributed by atoms with Gasteiger partial charge in [-0.05, 0) is 81.5 Å². The van der Waals surface area contributed by atoms with Gasteiger partial charge in [0.15, 0.2) is 5.82 Å². The van der Waals surface area contributed by atoms with Gasteiger partial charge in [0.2, 0.25) is 11.8 Å². The average Bonchev–Trinajstić information content (AvgIpc) is 3.79. The quantitative estimate of drug-likeness (QED) is 0.220. The fourth-order valence-electron chi connectivity index (χ4n) is 9.33. The van der Waals surface area contributed by atoms with Crippen molar-refractivity contribution in [3.05, 3.63) is 65.5 Å². The van der Waals surface area contributed by atoms with Crippen LogP contribution in [-0.2, 0) is 16.1 Å². The number of nitrogen functional groups attached to an aromatic ring is 1. The van der Waals surface area contributed by atoms with Crippen molar-refractivity contribution in [2.45, 2.75) is 76.4 Å². The van der Waals surface area contributed by atoms with E-state index in [0.29, 0.717) is 22.7 Å². The minimum atomic E-state index is -0.768. The summed E-state index contributed by atoms with van der Waals surface area (Å²) in [6, 6.07) is 7.02. The number of hydrogen-bond acceptors (Lipinski definition) is 11. The molecule has 7 heterocycles. The van der Waals surface area contributed by atoms with Crippen molar-refractivity contribution in [1.82, 2.24) is 34.9 Å². The molecular formula is C41H48FN11O4. The topological polar surface area (TPSA) is 175 Å². The highest BCUT2D eigenvalue weighted by molar-refractivity contribution is 6.07. The normalized spacial score (nSPS) is 21.3. The molecule has 16 heteroatoms. The molecule has 0 saturated carbocycles. The van der Waals surface area contributed by atoms with Gasteiger partial charge in [-0.15, -0.1) is 0 Å². The van der Waals surface area contributed by atoms with Crippen LogP contribution in [0.2, 0.25) is 0 Å². The number of carbonyl (C=O) groups excluding carboxylic acids is 4. The first-order valence-corrected chi connectivity index (χ1v) is 20.3. The van der Waals surface area contributed by atoms with Gasteiger partial charge in [0.1, 0.15) is 17.6 Å². The molecule has 4 saturated heterocycles. The number of amides is 4. The van der Waals surface area contributed by atoms with Crippen LogP contribution in [0.15, 0.2) is 42.9 Å². The molecule has 2 aromatic heterocycles. The van der Waals surface area contributed by atoms with E-state index >= 15 is 4.39 Å². The van der Waals surface area contributed by atoms with Gasteiger partial charge >= 0.3 is 0 Å². The van der Waals surface area contributed by atoms with Crippen LogP contribution in [0.4, 0.5) is 27.3 Å². The van der Waals surface area contributed by atoms with E-state index in [2.05, 4.69) is 52.2 Å². The zero-order chi connectivity index (χ0) is 39.2. The van der Waals surface area contributed by atoms with Crippen LogP contribution < -0.4 is 26.2 Å². The van der Waals surface area contributed by atoms with Gasteiger partial charge in [-0.2, -0.15) is 5.10 Å². The highest BCUT2D eigenvalue weighted by Crippen LogP contribution is 2.37. The first-order chi connectivity index (χ1) is 27.7. The molecule has 0 spiro atoms. The first kappa shape index (κ1) is 37.0. The van der Waals surface area contributed by atoms with Crippen molar-refractivity contribution in [3.63, 3.8) is 0 Å². The molecule has 1 unspecified atom stereocenters. The van der Waals surface area contributed by atoms with E-state index in [-0.39, 0.29) is 60.5 Å². The summed E-state index contributed by atoms with van der Waals surface area (Å²) in [5.74, 6) is -1.17. The van der Waals surface area contributed by atoms with Gasteiger partial charge < -0.3 is 30.7 Å². The van der Waals surface area contributed by atoms with Crippen molar-refractivity contribution in [2.75, 3.05) is 66.7 Å². The summed E-state index contributed by atoms with van der Waals surface area (Å²) in [6.45, 7) is 6.30. The van der Waals surface area contributed by atoms with Crippen LogP contribution in [-0.4, -0.2) is 105 Å². The smallest absolute Gasteiger partial charge is 0.275 e. The number of nitrogens with zero attached hydrogens (tertiary/aromatic N) is 8. The number of benzene rings is 2. The number of carbonyl (C=O) groups is 4. The second-order valence-electron chi connectivity index (χ2n) is 16.2. The number of nitrogens with one attached hydrogen (secondary N) is 2. The molecule has 0 bridgehead atoms. The molecule has 15 nitrogen and oxygen atoms in total. The Kier molecular flexibility index (Phi) is 9.97. The number of aromatic nitrogens is 4.